The highest BCUT2D eigenvalue weighted by molar-refractivity contribution is 7.07. The summed E-state index contributed by atoms with van der Waals surface area (Å²) in [5, 5.41) is 10.9. The fraction of sp³-hybridized carbons (Fsp3) is 0.167. The molecule has 202 valence electrons. The van der Waals surface area contributed by atoms with E-state index in [4.69, 9.17) is 9.47 Å². The van der Waals surface area contributed by atoms with Crippen LogP contribution in [0.4, 0.5) is 5.69 Å². The van der Waals surface area contributed by atoms with Gasteiger partial charge in [-0.15, -0.1) is 0 Å². The largest absolute Gasteiger partial charge is 0.488 e. The van der Waals surface area contributed by atoms with E-state index in [1.54, 1.807) is 42.7 Å². The van der Waals surface area contributed by atoms with E-state index in [2.05, 4.69) is 4.99 Å². The number of nitro benzene ring substituents is 1. The SMILES string of the molecule is CCOC(=O)C1=C(C)N=c2s/c(=C\c3ccccc3OCc3ccc([N+](=O)[O-])cc3)c(=O)n2[C@@H]1c1ccccc1. The first kappa shape index (κ1) is 26.8. The molecule has 4 aromatic rings. The summed E-state index contributed by atoms with van der Waals surface area (Å²) < 4.78 is 13.3. The number of carbonyl (C=O) groups is 1. The molecule has 0 saturated carbocycles. The number of allylic oxidation sites excluding steroid dienone is 1. The average Bonchev–Trinajstić information content (AvgIpc) is 3.26. The maximum Gasteiger partial charge on any atom is 0.338 e. The molecule has 40 heavy (non-hydrogen) atoms. The molecule has 0 amide bonds. The number of aromatic nitrogens is 1. The van der Waals surface area contributed by atoms with Crippen molar-refractivity contribution in [2.45, 2.75) is 26.5 Å². The second kappa shape index (κ2) is 11.5. The summed E-state index contributed by atoms with van der Waals surface area (Å²) in [4.78, 5) is 42.4. The normalized spacial score (nSPS) is 14.8. The maximum atomic E-state index is 13.8. The number of hydrogen-bond acceptors (Lipinski definition) is 8. The highest BCUT2D eigenvalue weighted by Gasteiger charge is 2.33. The molecule has 9 nitrogen and oxygen atoms in total. The topological polar surface area (TPSA) is 113 Å². The monoisotopic (exact) mass is 555 g/mol. The van der Waals surface area contributed by atoms with Gasteiger partial charge >= 0.3 is 5.97 Å². The van der Waals surface area contributed by atoms with Gasteiger partial charge < -0.3 is 9.47 Å². The van der Waals surface area contributed by atoms with Crippen molar-refractivity contribution in [1.82, 2.24) is 4.57 Å². The molecule has 1 aliphatic rings. The number of nitro groups is 1. The molecule has 1 aromatic heterocycles. The van der Waals surface area contributed by atoms with Gasteiger partial charge in [-0.3, -0.25) is 19.5 Å². The molecular weight excluding hydrogens is 530 g/mol. The maximum absolute atomic E-state index is 13.8. The van der Waals surface area contributed by atoms with E-state index < -0.39 is 16.9 Å². The van der Waals surface area contributed by atoms with Crippen LogP contribution in [-0.2, 0) is 16.1 Å². The number of nitrogens with zero attached hydrogens (tertiary/aromatic N) is 3. The van der Waals surface area contributed by atoms with Crippen LogP contribution in [0.1, 0.15) is 36.6 Å². The third-order valence-corrected chi connectivity index (χ3v) is 7.36. The summed E-state index contributed by atoms with van der Waals surface area (Å²) in [6, 6.07) is 22.1. The zero-order chi connectivity index (χ0) is 28.2. The Hall–Kier alpha value is -4.83. The quantitative estimate of drug-likeness (QED) is 0.182. The van der Waals surface area contributed by atoms with Crippen molar-refractivity contribution >= 4 is 29.1 Å². The molecule has 3 aromatic carbocycles. The van der Waals surface area contributed by atoms with Crippen LogP contribution in [0.5, 0.6) is 5.75 Å². The second-order valence-electron chi connectivity index (χ2n) is 8.96. The molecule has 2 heterocycles. The van der Waals surface area contributed by atoms with Crippen LogP contribution in [0.15, 0.2) is 99.9 Å². The van der Waals surface area contributed by atoms with Crippen molar-refractivity contribution in [2.75, 3.05) is 6.61 Å². The Balaban J connectivity index is 1.54. The minimum absolute atomic E-state index is 0.00897. The summed E-state index contributed by atoms with van der Waals surface area (Å²) in [5.74, 6) is 0.0477. The lowest BCUT2D eigenvalue weighted by molar-refractivity contribution is -0.384. The van der Waals surface area contributed by atoms with E-state index in [0.717, 1.165) is 11.1 Å². The molecule has 0 spiro atoms. The number of rotatable bonds is 8. The fourth-order valence-corrected chi connectivity index (χ4v) is 5.53. The Labute approximate surface area is 233 Å². The lowest BCUT2D eigenvalue weighted by atomic mass is 9.96. The standard InChI is InChI=1S/C30H25N3O6S/c1-3-38-29(35)26-19(2)31-30-32(27(26)21-9-5-4-6-10-21)28(34)25(40-30)17-22-11-7-8-12-24(22)39-18-20-13-15-23(16-14-20)33(36)37/h4-17,27H,3,18H2,1-2H3/b25-17-/t27-/m1/s1. The Morgan fingerprint density at radius 3 is 2.48 bits per heavy atom. The predicted octanol–water partition coefficient (Wildman–Crippen LogP) is 4.29. The van der Waals surface area contributed by atoms with Crippen molar-refractivity contribution < 1.29 is 19.2 Å². The van der Waals surface area contributed by atoms with Crippen LogP contribution in [0, 0.1) is 10.1 Å². The number of non-ortho nitro benzene ring substituents is 1. The van der Waals surface area contributed by atoms with Gasteiger partial charge in [0.15, 0.2) is 4.80 Å². The van der Waals surface area contributed by atoms with E-state index in [9.17, 15) is 19.7 Å². The van der Waals surface area contributed by atoms with Gasteiger partial charge in [-0.05, 0) is 49.2 Å². The minimum atomic E-state index is -0.674. The number of benzene rings is 3. The molecule has 0 saturated heterocycles. The van der Waals surface area contributed by atoms with Crippen molar-refractivity contribution in [1.29, 1.82) is 0 Å². The predicted molar refractivity (Wildman–Crippen MR) is 151 cm³/mol. The summed E-state index contributed by atoms with van der Waals surface area (Å²) in [7, 11) is 0. The molecular formula is C30H25N3O6S. The second-order valence-corrected chi connectivity index (χ2v) is 9.97. The average molecular weight is 556 g/mol. The zero-order valence-corrected chi connectivity index (χ0v) is 22.6. The molecule has 1 atom stereocenters. The van der Waals surface area contributed by atoms with Crippen molar-refractivity contribution in [3.63, 3.8) is 0 Å². The van der Waals surface area contributed by atoms with Gasteiger partial charge in [-0.25, -0.2) is 9.79 Å². The number of thiazole rings is 1. The minimum Gasteiger partial charge on any atom is -0.488 e. The summed E-state index contributed by atoms with van der Waals surface area (Å²) >= 11 is 1.24. The zero-order valence-electron chi connectivity index (χ0n) is 21.8. The Bertz CT molecular complexity index is 1790. The van der Waals surface area contributed by atoms with E-state index in [-0.39, 0.29) is 24.5 Å². The van der Waals surface area contributed by atoms with Crippen molar-refractivity contribution in [2.24, 2.45) is 4.99 Å². The fourth-order valence-electron chi connectivity index (χ4n) is 4.49. The highest BCUT2D eigenvalue weighted by atomic mass is 32.1. The summed E-state index contributed by atoms with van der Waals surface area (Å²) in [6.45, 7) is 3.89. The first-order valence-electron chi connectivity index (χ1n) is 12.6. The Morgan fingerprint density at radius 2 is 1.77 bits per heavy atom. The van der Waals surface area contributed by atoms with Gasteiger partial charge in [0.1, 0.15) is 12.4 Å². The smallest absolute Gasteiger partial charge is 0.338 e. The number of carbonyl (C=O) groups excluding carboxylic acids is 1. The van der Waals surface area contributed by atoms with E-state index in [1.807, 2.05) is 48.5 Å². The number of para-hydroxylation sites is 1. The number of ether oxygens (including phenoxy) is 2. The van der Waals surface area contributed by atoms with E-state index >= 15 is 0 Å². The van der Waals surface area contributed by atoms with Crippen LogP contribution in [0.3, 0.4) is 0 Å². The van der Waals surface area contributed by atoms with Gasteiger partial charge in [0, 0.05) is 17.7 Å². The van der Waals surface area contributed by atoms with Crippen molar-refractivity contribution in [3.8, 4) is 5.75 Å². The van der Waals surface area contributed by atoms with Crippen LogP contribution in [0.25, 0.3) is 6.08 Å². The lowest BCUT2D eigenvalue weighted by Gasteiger charge is -2.24. The van der Waals surface area contributed by atoms with E-state index in [0.29, 0.717) is 31.9 Å². The Kier molecular flexibility index (Phi) is 7.70. The van der Waals surface area contributed by atoms with Gasteiger partial charge in [-0.1, -0.05) is 59.9 Å². The van der Waals surface area contributed by atoms with Crippen LogP contribution < -0.4 is 19.6 Å². The number of hydrogen-bond donors (Lipinski definition) is 0. The third-order valence-electron chi connectivity index (χ3n) is 6.38. The van der Waals surface area contributed by atoms with E-state index in [1.165, 1.54) is 23.5 Å². The molecule has 0 unspecified atom stereocenters. The molecule has 0 bridgehead atoms. The van der Waals surface area contributed by atoms with Crippen LogP contribution >= 0.6 is 11.3 Å². The molecule has 0 radical (unpaired) electrons. The number of fused-ring (bicyclic) bond motifs is 1. The van der Waals surface area contributed by atoms with Crippen LogP contribution in [0.2, 0.25) is 0 Å². The molecule has 5 rings (SSSR count). The van der Waals surface area contributed by atoms with Gasteiger partial charge in [0.25, 0.3) is 11.2 Å². The van der Waals surface area contributed by atoms with Gasteiger partial charge in [0.05, 0.1) is 33.4 Å². The van der Waals surface area contributed by atoms with Gasteiger partial charge in [-0.2, -0.15) is 0 Å². The molecule has 10 heteroatoms. The molecule has 0 N–H and O–H groups in total. The van der Waals surface area contributed by atoms with Crippen molar-refractivity contribution in [3.05, 3.63) is 137 Å². The Morgan fingerprint density at radius 1 is 1.07 bits per heavy atom. The number of esters is 1. The van der Waals surface area contributed by atoms with Crippen LogP contribution in [-0.4, -0.2) is 22.1 Å². The summed E-state index contributed by atoms with van der Waals surface area (Å²) in [5.41, 5.74) is 2.80. The third kappa shape index (κ3) is 5.34. The molecule has 0 fully saturated rings. The first-order valence-corrected chi connectivity index (χ1v) is 13.4. The first-order chi connectivity index (χ1) is 19.4. The molecule has 1 aliphatic heterocycles. The highest BCUT2D eigenvalue weighted by Crippen LogP contribution is 2.30. The van der Waals surface area contributed by atoms with Gasteiger partial charge in [0.2, 0.25) is 0 Å². The lowest BCUT2D eigenvalue weighted by Crippen LogP contribution is -2.39. The summed E-state index contributed by atoms with van der Waals surface area (Å²) in [6.07, 6.45) is 1.75. The molecule has 0 aliphatic carbocycles.